The maximum atomic E-state index is 12.0. The van der Waals surface area contributed by atoms with E-state index < -0.39 is 11.9 Å². The van der Waals surface area contributed by atoms with Crippen LogP contribution in [0.3, 0.4) is 0 Å². The lowest BCUT2D eigenvalue weighted by atomic mass is 10.2. The van der Waals surface area contributed by atoms with E-state index >= 15 is 0 Å². The summed E-state index contributed by atoms with van der Waals surface area (Å²) in [5.74, 6) is 0.0541. The minimum Gasteiger partial charge on any atom is -0.454 e. The third-order valence-electron chi connectivity index (χ3n) is 3.61. The Kier molecular flexibility index (Phi) is 4.74. The lowest BCUT2D eigenvalue weighted by molar-refractivity contribution is -0.119. The quantitative estimate of drug-likeness (QED) is 0.840. The molecule has 0 unspecified atom stereocenters. The molecule has 0 spiro atoms. The van der Waals surface area contributed by atoms with E-state index in [2.05, 4.69) is 5.32 Å². The van der Waals surface area contributed by atoms with Gasteiger partial charge in [0.25, 0.3) is 5.91 Å². The van der Waals surface area contributed by atoms with Gasteiger partial charge in [0.15, 0.2) is 18.1 Å². The van der Waals surface area contributed by atoms with Crippen molar-refractivity contribution >= 4 is 23.3 Å². The predicted octanol–water partition coefficient (Wildman–Crippen LogP) is 2.28. The van der Waals surface area contributed by atoms with Gasteiger partial charge < -0.3 is 24.4 Å². The normalized spacial score (nSPS) is 11.8. The minimum absolute atomic E-state index is 0.128. The molecule has 0 aliphatic carbocycles. The molecule has 1 amide bonds. The van der Waals surface area contributed by atoms with E-state index in [9.17, 15) is 9.59 Å². The van der Waals surface area contributed by atoms with Gasteiger partial charge in [-0.05, 0) is 42.5 Å². The SMILES string of the molecule is CN(C)c1ccc(NC(=O)COC(=O)c2ccc3c(c2)OCO3)cc1. The highest BCUT2D eigenvalue weighted by molar-refractivity contribution is 5.95. The first kappa shape index (κ1) is 16.6. The van der Waals surface area contributed by atoms with Crippen LogP contribution in [-0.4, -0.2) is 39.4 Å². The van der Waals surface area contributed by atoms with Crippen LogP contribution in [0.15, 0.2) is 42.5 Å². The van der Waals surface area contributed by atoms with Crippen LogP contribution in [0, 0.1) is 0 Å². The molecular weight excluding hydrogens is 324 g/mol. The summed E-state index contributed by atoms with van der Waals surface area (Å²) in [4.78, 5) is 25.9. The van der Waals surface area contributed by atoms with Gasteiger partial charge in [0.05, 0.1) is 5.56 Å². The maximum absolute atomic E-state index is 12.0. The molecule has 0 bridgehead atoms. The average molecular weight is 342 g/mol. The summed E-state index contributed by atoms with van der Waals surface area (Å²) in [7, 11) is 3.87. The molecule has 0 atom stereocenters. The van der Waals surface area contributed by atoms with Crippen LogP contribution < -0.4 is 19.7 Å². The molecule has 0 saturated carbocycles. The number of nitrogens with zero attached hydrogens (tertiary/aromatic N) is 1. The van der Waals surface area contributed by atoms with Gasteiger partial charge in [0.2, 0.25) is 6.79 Å². The number of carbonyl (C=O) groups excluding carboxylic acids is 2. The summed E-state index contributed by atoms with van der Waals surface area (Å²) in [6.45, 7) is -0.244. The number of carbonyl (C=O) groups is 2. The smallest absolute Gasteiger partial charge is 0.338 e. The van der Waals surface area contributed by atoms with Gasteiger partial charge in [-0.1, -0.05) is 0 Å². The molecule has 0 aromatic heterocycles. The third-order valence-corrected chi connectivity index (χ3v) is 3.61. The zero-order valence-corrected chi connectivity index (χ0v) is 13.9. The first-order valence-corrected chi connectivity index (χ1v) is 7.67. The zero-order valence-electron chi connectivity index (χ0n) is 13.9. The number of amides is 1. The Morgan fingerprint density at radius 1 is 1.08 bits per heavy atom. The van der Waals surface area contributed by atoms with Crippen LogP contribution in [0.4, 0.5) is 11.4 Å². The molecule has 2 aromatic carbocycles. The van der Waals surface area contributed by atoms with Crippen molar-refractivity contribution in [1.29, 1.82) is 0 Å². The largest absolute Gasteiger partial charge is 0.454 e. The number of rotatable bonds is 5. The second-order valence-corrected chi connectivity index (χ2v) is 5.63. The highest BCUT2D eigenvalue weighted by Gasteiger charge is 2.17. The number of fused-ring (bicyclic) bond motifs is 1. The molecule has 1 heterocycles. The van der Waals surface area contributed by atoms with Gasteiger partial charge in [-0.25, -0.2) is 4.79 Å². The molecule has 1 aliphatic rings. The standard InChI is InChI=1S/C18H18N2O5/c1-20(2)14-6-4-13(5-7-14)19-17(21)10-23-18(22)12-3-8-15-16(9-12)25-11-24-15/h3-9H,10-11H2,1-2H3,(H,19,21). The van der Waals surface area contributed by atoms with Crippen LogP contribution in [0.25, 0.3) is 0 Å². The summed E-state index contributed by atoms with van der Waals surface area (Å²) in [6, 6.07) is 12.1. The number of hydrogen-bond acceptors (Lipinski definition) is 6. The van der Waals surface area contributed by atoms with E-state index in [4.69, 9.17) is 14.2 Å². The number of ether oxygens (including phenoxy) is 3. The fraction of sp³-hybridized carbons (Fsp3) is 0.222. The third kappa shape index (κ3) is 4.00. The molecule has 0 saturated heterocycles. The number of benzene rings is 2. The molecule has 1 N–H and O–H groups in total. The monoisotopic (exact) mass is 342 g/mol. The van der Waals surface area contributed by atoms with Crippen molar-refractivity contribution in [3.8, 4) is 11.5 Å². The molecule has 3 rings (SSSR count). The highest BCUT2D eigenvalue weighted by Crippen LogP contribution is 2.32. The topological polar surface area (TPSA) is 77.1 Å². The van der Waals surface area contributed by atoms with Crippen molar-refractivity contribution in [2.45, 2.75) is 0 Å². The molecule has 0 radical (unpaired) electrons. The molecule has 1 aliphatic heterocycles. The predicted molar refractivity (Wildman–Crippen MR) is 92.2 cm³/mol. The van der Waals surface area contributed by atoms with Crippen LogP contribution in [0.1, 0.15) is 10.4 Å². The van der Waals surface area contributed by atoms with Gasteiger partial charge in [-0.15, -0.1) is 0 Å². The van der Waals surface area contributed by atoms with Gasteiger partial charge in [0, 0.05) is 25.5 Å². The lowest BCUT2D eigenvalue weighted by Gasteiger charge is -2.13. The second-order valence-electron chi connectivity index (χ2n) is 5.63. The molecule has 130 valence electrons. The van der Waals surface area contributed by atoms with E-state index in [1.807, 2.05) is 31.1 Å². The Balaban J connectivity index is 1.52. The van der Waals surface area contributed by atoms with Crippen LogP contribution in [-0.2, 0) is 9.53 Å². The van der Waals surface area contributed by atoms with E-state index in [-0.39, 0.29) is 13.4 Å². The number of hydrogen-bond donors (Lipinski definition) is 1. The molecule has 0 fully saturated rings. The van der Waals surface area contributed by atoms with E-state index in [0.717, 1.165) is 5.69 Å². The Morgan fingerprint density at radius 2 is 1.80 bits per heavy atom. The van der Waals surface area contributed by atoms with Crippen molar-refractivity contribution in [3.05, 3.63) is 48.0 Å². The Bertz CT molecular complexity index is 787. The Morgan fingerprint density at radius 3 is 2.52 bits per heavy atom. The van der Waals surface area contributed by atoms with Gasteiger partial charge in [-0.2, -0.15) is 0 Å². The van der Waals surface area contributed by atoms with Crippen molar-refractivity contribution < 1.29 is 23.8 Å². The summed E-state index contributed by atoms with van der Waals surface area (Å²) >= 11 is 0. The molecule has 2 aromatic rings. The first-order chi connectivity index (χ1) is 12.0. The van der Waals surface area contributed by atoms with Gasteiger partial charge in [0.1, 0.15) is 0 Å². The van der Waals surface area contributed by atoms with Crippen molar-refractivity contribution in [1.82, 2.24) is 0 Å². The van der Waals surface area contributed by atoms with Crippen LogP contribution in [0.5, 0.6) is 11.5 Å². The first-order valence-electron chi connectivity index (χ1n) is 7.67. The molecular formula is C18H18N2O5. The Hall–Kier alpha value is -3.22. The fourth-order valence-electron chi connectivity index (χ4n) is 2.28. The van der Waals surface area contributed by atoms with Crippen molar-refractivity contribution in [2.75, 3.05) is 37.7 Å². The summed E-state index contributed by atoms with van der Waals surface area (Å²) < 4.78 is 15.4. The average Bonchev–Trinajstić information content (AvgIpc) is 3.07. The molecule has 7 heteroatoms. The number of nitrogens with one attached hydrogen (secondary N) is 1. The van der Waals surface area contributed by atoms with Crippen molar-refractivity contribution in [2.24, 2.45) is 0 Å². The second kappa shape index (κ2) is 7.12. The van der Waals surface area contributed by atoms with Crippen LogP contribution in [0.2, 0.25) is 0 Å². The minimum atomic E-state index is -0.601. The van der Waals surface area contributed by atoms with E-state index in [1.165, 1.54) is 6.07 Å². The van der Waals surface area contributed by atoms with Gasteiger partial charge in [-0.3, -0.25) is 4.79 Å². The highest BCUT2D eigenvalue weighted by atomic mass is 16.7. The maximum Gasteiger partial charge on any atom is 0.338 e. The fourth-order valence-corrected chi connectivity index (χ4v) is 2.28. The molecule has 7 nitrogen and oxygen atoms in total. The van der Waals surface area contributed by atoms with Crippen molar-refractivity contribution in [3.63, 3.8) is 0 Å². The molecule has 25 heavy (non-hydrogen) atoms. The summed E-state index contributed by atoms with van der Waals surface area (Å²) in [5.41, 5.74) is 1.95. The lowest BCUT2D eigenvalue weighted by Crippen LogP contribution is -2.21. The van der Waals surface area contributed by atoms with Crippen LogP contribution >= 0.6 is 0 Å². The van der Waals surface area contributed by atoms with Gasteiger partial charge >= 0.3 is 5.97 Å². The van der Waals surface area contributed by atoms with E-state index in [1.54, 1.807) is 24.3 Å². The zero-order chi connectivity index (χ0) is 17.8. The summed E-state index contributed by atoms with van der Waals surface area (Å²) in [6.07, 6.45) is 0. The number of esters is 1. The summed E-state index contributed by atoms with van der Waals surface area (Å²) in [5, 5.41) is 2.68. The number of anilines is 2. The Labute approximate surface area is 145 Å². The van der Waals surface area contributed by atoms with E-state index in [0.29, 0.717) is 22.7 Å².